The number of nitrogens with zero attached hydrogens (tertiary/aromatic N) is 2. The van der Waals surface area contributed by atoms with E-state index in [9.17, 15) is 10.1 Å². The lowest BCUT2D eigenvalue weighted by Gasteiger charge is -2.13. The minimum atomic E-state index is -0.554. The van der Waals surface area contributed by atoms with Gasteiger partial charge in [-0.3, -0.25) is 0 Å². The van der Waals surface area contributed by atoms with E-state index in [1.165, 1.54) is 44.9 Å². The summed E-state index contributed by atoms with van der Waals surface area (Å²) < 4.78 is 16.4. The Morgan fingerprint density at radius 2 is 1.84 bits per heavy atom. The highest BCUT2D eigenvalue weighted by molar-refractivity contribution is 9.10. The molecule has 0 aliphatic rings. The molecule has 2 aromatic carbocycles. The Bertz CT molecular complexity index is 1170. The fraction of sp³-hybridized carbons (Fsp3) is 0.136. The first-order valence-electron chi connectivity index (χ1n) is 8.93. The molecule has 0 atom stereocenters. The van der Waals surface area contributed by atoms with Gasteiger partial charge in [0.25, 0.3) is 0 Å². The van der Waals surface area contributed by atoms with Crippen LogP contribution >= 0.6 is 27.3 Å². The van der Waals surface area contributed by atoms with Gasteiger partial charge < -0.3 is 19.5 Å². The monoisotopic (exact) mass is 499 g/mol. The van der Waals surface area contributed by atoms with Gasteiger partial charge in [0.2, 0.25) is 0 Å². The summed E-state index contributed by atoms with van der Waals surface area (Å²) in [6.45, 7) is 0. The van der Waals surface area contributed by atoms with Gasteiger partial charge in [0.1, 0.15) is 16.6 Å². The van der Waals surface area contributed by atoms with Crippen LogP contribution in [0.15, 0.2) is 52.5 Å². The fourth-order valence-electron chi connectivity index (χ4n) is 2.72. The Labute approximate surface area is 192 Å². The van der Waals surface area contributed by atoms with Crippen LogP contribution < -0.4 is 14.8 Å². The van der Waals surface area contributed by atoms with Gasteiger partial charge in [-0.2, -0.15) is 5.26 Å². The third-order valence-electron chi connectivity index (χ3n) is 4.30. The van der Waals surface area contributed by atoms with Crippen molar-refractivity contribution in [2.24, 2.45) is 0 Å². The molecule has 0 saturated carbocycles. The Morgan fingerprint density at radius 1 is 1.16 bits per heavy atom. The van der Waals surface area contributed by atoms with Crippen LogP contribution in [0.5, 0.6) is 11.5 Å². The zero-order chi connectivity index (χ0) is 22.4. The zero-order valence-corrected chi connectivity index (χ0v) is 19.3. The number of methoxy groups -OCH3 is 3. The number of ether oxygens (including phenoxy) is 3. The van der Waals surface area contributed by atoms with Crippen molar-refractivity contribution in [3.8, 4) is 28.8 Å². The minimum absolute atomic E-state index is 0.239. The molecule has 1 heterocycles. The summed E-state index contributed by atoms with van der Waals surface area (Å²) in [7, 11) is 4.26. The maximum absolute atomic E-state index is 12.2. The van der Waals surface area contributed by atoms with Crippen LogP contribution in [0.3, 0.4) is 0 Å². The molecule has 0 amide bonds. The van der Waals surface area contributed by atoms with Gasteiger partial charge in [0.05, 0.1) is 38.3 Å². The molecule has 3 aromatic rings. The third kappa shape index (κ3) is 5.05. The number of hydrogen-bond acceptors (Lipinski definition) is 8. The average Bonchev–Trinajstić information content (AvgIpc) is 3.29. The van der Waals surface area contributed by atoms with Crippen molar-refractivity contribution in [2.45, 2.75) is 0 Å². The highest BCUT2D eigenvalue weighted by atomic mass is 79.9. The quantitative estimate of drug-likeness (QED) is 0.345. The predicted molar refractivity (Wildman–Crippen MR) is 123 cm³/mol. The highest BCUT2D eigenvalue weighted by Crippen LogP contribution is 2.34. The molecule has 0 radical (unpaired) electrons. The average molecular weight is 500 g/mol. The first kappa shape index (κ1) is 22.3. The lowest BCUT2D eigenvalue weighted by Crippen LogP contribution is -2.07. The summed E-state index contributed by atoms with van der Waals surface area (Å²) in [5.41, 5.74) is 2.68. The molecule has 0 saturated heterocycles. The number of halogens is 1. The minimum Gasteiger partial charge on any atom is -0.493 e. The molecule has 0 aliphatic carbocycles. The van der Waals surface area contributed by atoms with Gasteiger partial charge in [-0.25, -0.2) is 9.78 Å². The van der Waals surface area contributed by atoms with Crippen molar-refractivity contribution in [3.63, 3.8) is 0 Å². The molecule has 9 heteroatoms. The fourth-order valence-corrected chi connectivity index (χ4v) is 3.78. The second kappa shape index (κ2) is 10.1. The normalized spacial score (nSPS) is 10.9. The van der Waals surface area contributed by atoms with Crippen molar-refractivity contribution in [3.05, 3.63) is 63.0 Å². The summed E-state index contributed by atoms with van der Waals surface area (Å²) in [5, 5.41) is 15.1. The lowest BCUT2D eigenvalue weighted by molar-refractivity contribution is 0.0601. The van der Waals surface area contributed by atoms with Crippen molar-refractivity contribution < 1.29 is 19.0 Å². The summed E-state index contributed by atoms with van der Waals surface area (Å²) in [6, 6.07) is 13.0. The number of hydrogen-bond donors (Lipinski definition) is 1. The van der Waals surface area contributed by atoms with Gasteiger partial charge in [-0.1, -0.05) is 28.1 Å². The van der Waals surface area contributed by atoms with E-state index in [2.05, 4.69) is 32.3 Å². The maximum atomic E-state index is 12.2. The predicted octanol–water partition coefficient (Wildman–Crippen LogP) is 5.35. The van der Waals surface area contributed by atoms with Gasteiger partial charge >= 0.3 is 5.97 Å². The second-order valence-corrected chi connectivity index (χ2v) is 7.88. The molecule has 0 bridgehead atoms. The van der Waals surface area contributed by atoms with Gasteiger partial charge in [0, 0.05) is 33.7 Å². The van der Waals surface area contributed by atoms with E-state index in [-0.39, 0.29) is 5.56 Å². The van der Waals surface area contributed by atoms with E-state index in [0.717, 1.165) is 15.7 Å². The first-order valence-corrected chi connectivity index (χ1v) is 10.6. The van der Waals surface area contributed by atoms with Crippen molar-refractivity contribution >= 4 is 44.5 Å². The number of esters is 1. The summed E-state index contributed by atoms with van der Waals surface area (Å²) in [5.74, 6) is 0.260. The van der Waals surface area contributed by atoms with E-state index >= 15 is 0 Å². The summed E-state index contributed by atoms with van der Waals surface area (Å²) >= 11 is 4.77. The van der Waals surface area contributed by atoms with Gasteiger partial charge in [-0.05, 0) is 12.1 Å². The molecule has 0 unspecified atom stereocenters. The van der Waals surface area contributed by atoms with Crippen LogP contribution in [0.4, 0.5) is 5.69 Å². The number of carbonyl (C=O) groups is 1. The molecule has 3 rings (SSSR count). The van der Waals surface area contributed by atoms with Crippen molar-refractivity contribution in [1.29, 1.82) is 5.26 Å². The Kier molecular flexibility index (Phi) is 7.28. The summed E-state index contributed by atoms with van der Waals surface area (Å²) in [4.78, 5) is 16.8. The number of aromatic nitrogens is 1. The maximum Gasteiger partial charge on any atom is 0.340 e. The molecule has 0 fully saturated rings. The molecule has 0 aliphatic heterocycles. The van der Waals surface area contributed by atoms with E-state index in [4.69, 9.17) is 14.2 Å². The standard InChI is InChI=1S/C22H18BrN3O4S/c1-28-19-8-16(22(27)30-3)17(9-20(19)29-2)25-11-14(10-24)21-26-18(12-31-21)13-4-6-15(23)7-5-13/h4-9,11-12,25H,1-3H3. The van der Waals surface area contributed by atoms with Crippen molar-refractivity contribution in [1.82, 2.24) is 4.98 Å². The van der Waals surface area contributed by atoms with Crippen LogP contribution in [0.25, 0.3) is 16.8 Å². The number of carbonyl (C=O) groups excluding carboxylic acids is 1. The topological polar surface area (TPSA) is 93.5 Å². The van der Waals surface area contributed by atoms with Gasteiger partial charge in [-0.15, -0.1) is 11.3 Å². The largest absolute Gasteiger partial charge is 0.493 e. The number of thiazole rings is 1. The molecule has 158 valence electrons. The molecule has 7 nitrogen and oxygen atoms in total. The number of nitrogens with one attached hydrogen (secondary N) is 1. The van der Waals surface area contributed by atoms with Crippen LogP contribution in [0.2, 0.25) is 0 Å². The first-order chi connectivity index (χ1) is 15.0. The zero-order valence-electron chi connectivity index (χ0n) is 16.9. The summed E-state index contributed by atoms with van der Waals surface area (Å²) in [6.07, 6.45) is 1.50. The van der Waals surface area contributed by atoms with Crippen LogP contribution in [-0.2, 0) is 4.74 Å². The Morgan fingerprint density at radius 3 is 2.45 bits per heavy atom. The molecule has 1 N–H and O–H groups in total. The molecule has 0 spiro atoms. The SMILES string of the molecule is COC(=O)c1cc(OC)c(OC)cc1NC=C(C#N)c1nc(-c2ccc(Br)cc2)cs1. The highest BCUT2D eigenvalue weighted by Gasteiger charge is 2.17. The van der Waals surface area contributed by atoms with E-state index in [1.54, 1.807) is 6.07 Å². The molecular formula is C22H18BrN3O4S. The Hall–Kier alpha value is -3.35. The van der Waals surface area contributed by atoms with Crippen LogP contribution in [-0.4, -0.2) is 32.3 Å². The number of rotatable bonds is 7. The lowest BCUT2D eigenvalue weighted by atomic mass is 10.1. The molecule has 1 aromatic heterocycles. The van der Waals surface area contributed by atoms with Crippen LogP contribution in [0, 0.1) is 11.3 Å². The number of benzene rings is 2. The smallest absolute Gasteiger partial charge is 0.340 e. The molecular weight excluding hydrogens is 482 g/mol. The second-order valence-electron chi connectivity index (χ2n) is 6.10. The third-order valence-corrected chi connectivity index (χ3v) is 5.70. The number of nitriles is 1. The number of anilines is 1. The van der Waals surface area contributed by atoms with E-state index in [1.807, 2.05) is 29.6 Å². The van der Waals surface area contributed by atoms with E-state index in [0.29, 0.717) is 27.8 Å². The Balaban J connectivity index is 1.93. The van der Waals surface area contributed by atoms with Crippen LogP contribution in [0.1, 0.15) is 15.4 Å². The van der Waals surface area contributed by atoms with Gasteiger partial charge in [0.15, 0.2) is 11.5 Å². The number of allylic oxidation sites excluding steroid dienone is 1. The molecule has 31 heavy (non-hydrogen) atoms. The van der Waals surface area contributed by atoms with Crippen molar-refractivity contribution in [2.75, 3.05) is 26.6 Å². The van der Waals surface area contributed by atoms with E-state index < -0.39 is 5.97 Å².